The smallest absolute Gasteiger partial charge is 0.332 e. The molecule has 0 aliphatic carbocycles. The first kappa shape index (κ1) is 21.3. The molecule has 1 atom stereocenters. The van der Waals surface area contributed by atoms with Gasteiger partial charge in [0.1, 0.15) is 0 Å². The van der Waals surface area contributed by atoms with Crippen LogP contribution in [0.2, 0.25) is 0 Å². The molecule has 0 amide bonds. The topological polar surface area (TPSA) is 54.0 Å². The van der Waals surface area contributed by atoms with Crippen LogP contribution in [-0.2, 0) is 34.5 Å². The van der Waals surface area contributed by atoms with Crippen molar-refractivity contribution >= 4 is 37.7 Å². The lowest BCUT2D eigenvalue weighted by Gasteiger charge is -2.32. The van der Waals surface area contributed by atoms with E-state index in [0.29, 0.717) is 5.25 Å². The first-order chi connectivity index (χ1) is 10.8. The zero-order valence-electron chi connectivity index (χ0n) is 14.2. The Morgan fingerprint density at radius 3 is 1.78 bits per heavy atom. The van der Waals surface area contributed by atoms with E-state index in [9.17, 15) is 4.57 Å². The minimum atomic E-state index is -3.52. The molecule has 0 N–H and O–H groups in total. The van der Waals surface area contributed by atoms with Crippen molar-refractivity contribution in [3.8, 4) is 0 Å². The van der Waals surface area contributed by atoms with Crippen LogP contribution in [0.15, 0.2) is 29.2 Å². The average molecular weight is 398 g/mol. The lowest BCUT2D eigenvalue weighted by Crippen LogP contribution is -2.07. The second-order valence-electron chi connectivity index (χ2n) is 4.92. The molecule has 0 saturated heterocycles. The van der Waals surface area contributed by atoms with E-state index in [0.717, 1.165) is 10.5 Å². The second kappa shape index (κ2) is 9.12. The molecule has 9 heteroatoms. The molecule has 0 fully saturated rings. The lowest BCUT2D eigenvalue weighted by atomic mass is 10.2. The van der Waals surface area contributed by atoms with Gasteiger partial charge in [0.2, 0.25) is 6.49 Å². The van der Waals surface area contributed by atoms with Crippen LogP contribution in [0.25, 0.3) is 0 Å². The summed E-state index contributed by atoms with van der Waals surface area (Å²) in [6.45, 7) is 1.36. The molecule has 0 aliphatic rings. The van der Waals surface area contributed by atoms with Gasteiger partial charge in [0, 0.05) is 38.6 Å². The summed E-state index contributed by atoms with van der Waals surface area (Å²) < 4.78 is 34.2. The Hall–Kier alpha value is 0.290. The van der Waals surface area contributed by atoms with E-state index in [1.807, 2.05) is 24.3 Å². The van der Waals surface area contributed by atoms with Crippen LogP contribution >= 0.6 is 25.8 Å². The molecule has 1 unspecified atom stereocenters. The SMILES string of the molecule is COP(=O)(OC)C(c1ccc(SC(C)C)cc1)P(=S)(OC)OC. The van der Waals surface area contributed by atoms with E-state index >= 15 is 0 Å². The van der Waals surface area contributed by atoms with Gasteiger partial charge in [0.25, 0.3) is 0 Å². The van der Waals surface area contributed by atoms with Crippen molar-refractivity contribution in [3.05, 3.63) is 29.8 Å². The molecule has 0 heterocycles. The van der Waals surface area contributed by atoms with Crippen molar-refractivity contribution in [2.75, 3.05) is 28.4 Å². The van der Waals surface area contributed by atoms with Gasteiger partial charge in [-0.2, -0.15) is 0 Å². The fraction of sp³-hybridized carbons (Fsp3) is 0.571. The summed E-state index contributed by atoms with van der Waals surface area (Å²) in [6.07, 6.45) is 0. The minimum absolute atomic E-state index is 0.476. The molecular formula is C14H24O5P2S2. The highest BCUT2D eigenvalue weighted by Gasteiger charge is 2.47. The van der Waals surface area contributed by atoms with Gasteiger partial charge in [-0.05, 0) is 29.5 Å². The summed E-state index contributed by atoms with van der Waals surface area (Å²) in [6, 6.07) is 7.68. The van der Waals surface area contributed by atoms with Gasteiger partial charge in [0.15, 0.2) is 5.40 Å². The van der Waals surface area contributed by atoms with Crippen LogP contribution in [-0.4, -0.2) is 33.7 Å². The van der Waals surface area contributed by atoms with Gasteiger partial charge in [0.05, 0.1) is 0 Å². The first-order valence-corrected chi connectivity index (χ1v) is 12.1. The van der Waals surface area contributed by atoms with Crippen molar-refractivity contribution in [3.63, 3.8) is 0 Å². The maximum absolute atomic E-state index is 13.0. The number of hydrogen-bond donors (Lipinski definition) is 0. The van der Waals surface area contributed by atoms with Gasteiger partial charge in [-0.1, -0.05) is 26.0 Å². The third-order valence-electron chi connectivity index (χ3n) is 3.17. The maximum Gasteiger partial charge on any atom is 0.347 e. The minimum Gasteiger partial charge on any atom is -0.332 e. The fourth-order valence-electron chi connectivity index (χ4n) is 2.08. The number of thioether (sulfide) groups is 1. The quantitative estimate of drug-likeness (QED) is 0.415. The van der Waals surface area contributed by atoms with Crippen LogP contribution in [0.5, 0.6) is 0 Å². The molecule has 0 aliphatic heterocycles. The normalized spacial score (nSPS) is 14.2. The number of benzene rings is 1. The van der Waals surface area contributed by atoms with Crippen molar-refractivity contribution in [2.24, 2.45) is 0 Å². The number of rotatable bonds is 9. The van der Waals surface area contributed by atoms with Gasteiger partial charge in [-0.25, -0.2) is 0 Å². The predicted octanol–water partition coefficient (Wildman–Crippen LogP) is 5.27. The van der Waals surface area contributed by atoms with Gasteiger partial charge in [-0.15, -0.1) is 11.8 Å². The Balaban J connectivity index is 3.36. The van der Waals surface area contributed by atoms with Crippen molar-refractivity contribution in [1.82, 2.24) is 0 Å². The Labute approximate surface area is 148 Å². The van der Waals surface area contributed by atoms with Gasteiger partial charge < -0.3 is 18.1 Å². The second-order valence-corrected chi connectivity index (χ2v) is 13.2. The Bertz CT molecular complexity index is 549. The average Bonchev–Trinajstić information content (AvgIpc) is 2.55. The van der Waals surface area contributed by atoms with Crippen molar-refractivity contribution < 1.29 is 22.7 Å². The van der Waals surface area contributed by atoms with Gasteiger partial charge >= 0.3 is 7.60 Å². The Morgan fingerprint density at radius 2 is 1.43 bits per heavy atom. The van der Waals surface area contributed by atoms with E-state index in [1.54, 1.807) is 11.8 Å². The monoisotopic (exact) mass is 398 g/mol. The highest BCUT2D eigenvalue weighted by molar-refractivity contribution is 8.12. The zero-order chi connectivity index (χ0) is 17.7. The van der Waals surface area contributed by atoms with Crippen LogP contribution in [0.4, 0.5) is 0 Å². The third kappa shape index (κ3) is 5.13. The summed E-state index contributed by atoms with van der Waals surface area (Å²) in [5.74, 6) is 0. The molecule has 1 aromatic carbocycles. The van der Waals surface area contributed by atoms with E-state index < -0.39 is 19.5 Å². The van der Waals surface area contributed by atoms with Gasteiger partial charge in [-0.3, -0.25) is 4.57 Å². The largest absolute Gasteiger partial charge is 0.347 e. The van der Waals surface area contributed by atoms with Crippen molar-refractivity contribution in [1.29, 1.82) is 0 Å². The lowest BCUT2D eigenvalue weighted by molar-refractivity contribution is 0.265. The van der Waals surface area contributed by atoms with E-state index in [4.69, 9.17) is 29.9 Å². The highest BCUT2D eigenvalue weighted by atomic mass is 32.5. The summed E-state index contributed by atoms with van der Waals surface area (Å²) in [5.41, 5.74) is 0.720. The van der Waals surface area contributed by atoms with Crippen LogP contribution in [0, 0.1) is 0 Å². The Kier molecular flexibility index (Phi) is 8.46. The summed E-state index contributed by atoms with van der Waals surface area (Å²) in [7, 11) is 2.06. The highest BCUT2D eigenvalue weighted by Crippen LogP contribution is 2.77. The molecule has 0 aromatic heterocycles. The first-order valence-electron chi connectivity index (χ1n) is 6.95. The molecule has 1 rings (SSSR count). The van der Waals surface area contributed by atoms with E-state index in [1.165, 1.54) is 28.4 Å². The molecule has 0 bridgehead atoms. The van der Waals surface area contributed by atoms with Crippen molar-refractivity contribution in [2.45, 2.75) is 29.4 Å². The van der Waals surface area contributed by atoms with Crippen LogP contribution in [0.3, 0.4) is 0 Å². The standard InChI is InChI=1S/C14H24O5P2S2/c1-11(2)23-13-9-7-12(8-10-13)14(20(15,16-3)17-4)21(22,18-5)19-6/h7-11,14H,1-6H3. The molecule has 1 aromatic rings. The Morgan fingerprint density at radius 1 is 0.957 bits per heavy atom. The van der Waals surface area contributed by atoms with Crippen LogP contribution < -0.4 is 0 Å². The zero-order valence-corrected chi connectivity index (χ0v) is 17.6. The third-order valence-corrected chi connectivity index (χ3v) is 11.8. The number of hydrogen-bond acceptors (Lipinski definition) is 7. The predicted molar refractivity (Wildman–Crippen MR) is 100 cm³/mol. The molecule has 0 spiro atoms. The molecular weight excluding hydrogens is 374 g/mol. The fourth-order valence-corrected chi connectivity index (χ4v) is 9.01. The summed E-state index contributed by atoms with van der Waals surface area (Å²) in [4.78, 5) is 1.12. The maximum atomic E-state index is 13.0. The van der Waals surface area contributed by atoms with E-state index in [-0.39, 0.29) is 0 Å². The molecule has 132 valence electrons. The van der Waals surface area contributed by atoms with E-state index in [2.05, 4.69) is 13.8 Å². The molecule has 5 nitrogen and oxygen atoms in total. The summed E-state index contributed by atoms with van der Waals surface area (Å²) >= 11 is 7.27. The molecule has 0 radical (unpaired) electrons. The summed E-state index contributed by atoms with van der Waals surface area (Å²) in [5, 5.41) is -0.308. The molecule has 0 saturated carbocycles. The molecule has 23 heavy (non-hydrogen) atoms. The van der Waals surface area contributed by atoms with Crippen LogP contribution in [0.1, 0.15) is 24.8 Å².